The zero-order chi connectivity index (χ0) is 25.3. The minimum absolute atomic E-state index is 0.0345. The molecule has 0 bridgehead atoms. The van der Waals surface area contributed by atoms with Crippen LogP contribution in [-0.2, 0) is 23.8 Å². The minimum Gasteiger partial charge on any atom is -0.460 e. The lowest BCUT2D eigenvalue weighted by molar-refractivity contribution is -0.194. The van der Waals surface area contributed by atoms with E-state index in [-0.39, 0.29) is 51.0 Å². The Morgan fingerprint density at radius 3 is 2.35 bits per heavy atom. The Balaban J connectivity index is 2.23. The van der Waals surface area contributed by atoms with E-state index < -0.39 is 18.4 Å². The van der Waals surface area contributed by atoms with Crippen LogP contribution in [0.4, 0.5) is 0 Å². The second-order valence-electron chi connectivity index (χ2n) is 7.33. The van der Waals surface area contributed by atoms with Gasteiger partial charge in [0.1, 0.15) is 6.61 Å². The summed E-state index contributed by atoms with van der Waals surface area (Å²) in [5.41, 5.74) is 1.71. The van der Waals surface area contributed by atoms with E-state index in [4.69, 9.17) is 19.3 Å². The van der Waals surface area contributed by atoms with Gasteiger partial charge in [0.05, 0.1) is 19.1 Å². The van der Waals surface area contributed by atoms with Gasteiger partial charge in [-0.25, -0.2) is 0 Å². The van der Waals surface area contributed by atoms with Gasteiger partial charge in [0.15, 0.2) is 6.29 Å². The van der Waals surface area contributed by atoms with Crippen LogP contribution in [0, 0.1) is 0 Å². The summed E-state index contributed by atoms with van der Waals surface area (Å²) in [5.74, 6) is -1.09. The van der Waals surface area contributed by atoms with E-state index in [2.05, 4.69) is 17.6 Å². The van der Waals surface area contributed by atoms with Crippen molar-refractivity contribution in [2.24, 2.45) is 0 Å². The van der Waals surface area contributed by atoms with Crippen molar-refractivity contribution in [1.82, 2.24) is 10.6 Å². The van der Waals surface area contributed by atoms with Gasteiger partial charge in [-0.2, -0.15) is 0 Å². The second kappa shape index (κ2) is 17.6. The predicted octanol–water partition coefficient (Wildman–Crippen LogP) is 2.69. The van der Waals surface area contributed by atoms with Gasteiger partial charge in [-0.05, 0) is 37.3 Å². The summed E-state index contributed by atoms with van der Waals surface area (Å²) >= 11 is 0. The molecule has 0 aromatic heterocycles. The monoisotopic (exact) mass is 516 g/mol. The molecule has 3 N–H and O–H groups in total. The number of rotatable bonds is 17. The fourth-order valence-corrected chi connectivity index (χ4v) is 4.52. The van der Waals surface area contributed by atoms with E-state index in [1.807, 2.05) is 25.3 Å². The van der Waals surface area contributed by atoms with E-state index >= 15 is 0 Å². The molecule has 0 aliphatic heterocycles. The lowest BCUT2D eigenvalue weighted by Crippen LogP contribution is -2.35. The molecule has 1 rings (SSSR count). The van der Waals surface area contributed by atoms with E-state index in [9.17, 15) is 14.4 Å². The van der Waals surface area contributed by atoms with Gasteiger partial charge in [0.2, 0.25) is 5.91 Å². The molecule has 0 fully saturated rings. The Labute approximate surface area is 209 Å². The predicted molar refractivity (Wildman–Crippen MR) is 135 cm³/mol. The van der Waals surface area contributed by atoms with Crippen LogP contribution in [0.5, 0.6) is 0 Å². The van der Waals surface area contributed by atoms with Gasteiger partial charge < -0.3 is 30.0 Å². The molecular weight excluding hydrogens is 480 g/mol. The topological polar surface area (TPSA) is 123 Å². The Kier molecular flexibility index (Phi) is 15.7. The Hall–Kier alpha value is -1.79. The van der Waals surface area contributed by atoms with Crippen molar-refractivity contribution in [1.29, 1.82) is 0 Å². The maximum absolute atomic E-state index is 12.2. The highest BCUT2D eigenvalue weighted by Crippen LogP contribution is 2.35. The number of amides is 2. The Bertz CT molecular complexity index is 745. The molecule has 0 radical (unpaired) electrons. The number of esters is 1. The first-order chi connectivity index (χ1) is 16.3. The number of methoxy groups -OCH3 is 1. The lowest BCUT2D eigenvalue weighted by Gasteiger charge is -2.21. The molecule has 0 saturated heterocycles. The van der Waals surface area contributed by atoms with E-state index in [1.54, 1.807) is 33.7 Å². The third-order valence-corrected chi connectivity index (χ3v) is 7.01. The van der Waals surface area contributed by atoms with Gasteiger partial charge in [0, 0.05) is 37.4 Å². The first kappa shape index (κ1) is 30.2. The zero-order valence-electron chi connectivity index (χ0n) is 20.2. The molecule has 0 spiro atoms. The number of carbonyl (C=O) groups is 3. The summed E-state index contributed by atoms with van der Waals surface area (Å²) in [6.07, 6.45) is 1.31. The normalized spacial score (nSPS) is 13.6. The highest BCUT2D eigenvalue weighted by Gasteiger charge is 2.17. The molecule has 34 heavy (non-hydrogen) atoms. The SMILES string of the molecule is CCC(CO)OC(COC(=O)CCC(=O)NCCNC(=O)c1ccc(C(C)SSC)cc1)OC. The van der Waals surface area contributed by atoms with Crippen LogP contribution in [-0.4, -0.2) is 75.0 Å². The largest absolute Gasteiger partial charge is 0.460 e. The summed E-state index contributed by atoms with van der Waals surface area (Å²) < 4.78 is 15.6. The Morgan fingerprint density at radius 2 is 1.76 bits per heavy atom. The molecule has 0 aliphatic rings. The van der Waals surface area contributed by atoms with E-state index in [0.29, 0.717) is 17.2 Å². The van der Waals surface area contributed by atoms with Crippen LogP contribution >= 0.6 is 21.6 Å². The van der Waals surface area contributed by atoms with Gasteiger partial charge in [-0.15, -0.1) is 0 Å². The number of benzene rings is 1. The molecule has 1 aromatic carbocycles. The first-order valence-electron chi connectivity index (χ1n) is 11.1. The van der Waals surface area contributed by atoms with Crippen LogP contribution in [0.15, 0.2) is 24.3 Å². The van der Waals surface area contributed by atoms with Gasteiger partial charge in [0.25, 0.3) is 5.91 Å². The molecular formula is C23H36N2O7S2. The van der Waals surface area contributed by atoms with Gasteiger partial charge in [-0.1, -0.05) is 40.6 Å². The average molecular weight is 517 g/mol. The van der Waals surface area contributed by atoms with Crippen molar-refractivity contribution in [3.8, 4) is 0 Å². The number of nitrogens with one attached hydrogen (secondary N) is 2. The fraction of sp³-hybridized carbons (Fsp3) is 0.609. The second-order valence-corrected chi connectivity index (χ2v) is 10.1. The fourth-order valence-electron chi connectivity index (χ4n) is 2.77. The van der Waals surface area contributed by atoms with Crippen molar-refractivity contribution >= 4 is 39.4 Å². The Morgan fingerprint density at radius 1 is 1.09 bits per heavy atom. The number of aliphatic hydroxyl groups is 1. The van der Waals surface area contributed by atoms with Crippen molar-refractivity contribution in [3.63, 3.8) is 0 Å². The summed E-state index contributed by atoms with van der Waals surface area (Å²) in [4.78, 5) is 36.0. The lowest BCUT2D eigenvalue weighted by atomic mass is 10.1. The third kappa shape index (κ3) is 12.1. The molecule has 11 heteroatoms. The highest BCUT2D eigenvalue weighted by molar-refractivity contribution is 8.76. The molecule has 0 heterocycles. The van der Waals surface area contributed by atoms with Crippen molar-refractivity contribution < 1.29 is 33.7 Å². The van der Waals surface area contributed by atoms with E-state index in [0.717, 1.165) is 5.56 Å². The molecule has 9 nitrogen and oxygen atoms in total. The van der Waals surface area contributed by atoms with Crippen molar-refractivity contribution in [2.75, 3.05) is 39.7 Å². The molecule has 1 aromatic rings. The summed E-state index contributed by atoms with van der Waals surface area (Å²) in [6.45, 7) is 4.20. The van der Waals surface area contributed by atoms with E-state index in [1.165, 1.54) is 7.11 Å². The van der Waals surface area contributed by atoms with Crippen LogP contribution < -0.4 is 10.6 Å². The average Bonchev–Trinajstić information content (AvgIpc) is 2.85. The number of carbonyl (C=O) groups excluding carboxylic acids is 3. The van der Waals surface area contributed by atoms with Crippen LogP contribution in [0.1, 0.15) is 54.3 Å². The van der Waals surface area contributed by atoms with Crippen LogP contribution in [0.3, 0.4) is 0 Å². The smallest absolute Gasteiger partial charge is 0.306 e. The molecule has 3 atom stereocenters. The number of hydrogen-bond acceptors (Lipinski definition) is 9. The standard InChI is InChI=1S/C23H36N2O7S2/c1-5-19(14-26)32-22(30-3)15-31-21(28)11-10-20(27)24-12-13-25-23(29)18-8-6-17(7-9-18)16(2)34-33-4/h6-9,16,19,22,26H,5,10-15H2,1-4H3,(H,24,27)(H,25,29). The van der Waals surface area contributed by atoms with Crippen molar-refractivity contribution in [3.05, 3.63) is 35.4 Å². The maximum Gasteiger partial charge on any atom is 0.306 e. The van der Waals surface area contributed by atoms with Gasteiger partial charge in [-0.3, -0.25) is 14.4 Å². The maximum atomic E-state index is 12.2. The minimum atomic E-state index is -0.785. The number of ether oxygens (including phenoxy) is 3. The molecule has 0 aliphatic carbocycles. The molecule has 3 unspecified atom stereocenters. The van der Waals surface area contributed by atoms with Gasteiger partial charge >= 0.3 is 5.97 Å². The number of aliphatic hydroxyl groups excluding tert-OH is 1. The summed E-state index contributed by atoms with van der Waals surface area (Å²) in [6, 6.07) is 7.47. The number of hydrogen-bond donors (Lipinski definition) is 3. The van der Waals surface area contributed by atoms with Crippen LogP contribution in [0.25, 0.3) is 0 Å². The van der Waals surface area contributed by atoms with Crippen LogP contribution in [0.2, 0.25) is 0 Å². The summed E-state index contributed by atoms with van der Waals surface area (Å²) in [5, 5.41) is 14.9. The molecule has 192 valence electrons. The summed E-state index contributed by atoms with van der Waals surface area (Å²) in [7, 11) is 4.88. The first-order valence-corrected chi connectivity index (χ1v) is 13.8. The van der Waals surface area contributed by atoms with Crippen molar-refractivity contribution in [2.45, 2.75) is 50.8 Å². The quantitative estimate of drug-likeness (QED) is 0.124. The molecule has 0 saturated carbocycles. The molecule has 2 amide bonds. The third-order valence-electron chi connectivity index (χ3n) is 4.82. The zero-order valence-corrected chi connectivity index (χ0v) is 21.8. The highest BCUT2D eigenvalue weighted by atomic mass is 33.1.